The maximum absolute atomic E-state index is 14.7. The van der Waals surface area contributed by atoms with Crippen molar-refractivity contribution in [3.63, 3.8) is 0 Å². The number of methoxy groups -OCH3 is 1. The highest BCUT2D eigenvalue weighted by atomic mass is 19.1. The molecule has 1 aromatic carbocycles. The average molecular weight is 252 g/mol. The standard InChI is InChI=1S/C14H17FO3/c1-14(15,13(17)18-2)12(9-6-7-9)10-4-3-5-11(16)8-10/h3-5,8-9,12,16H,6-7H2,1-2H3. The second-order valence-corrected chi connectivity index (χ2v) is 4.98. The van der Waals surface area contributed by atoms with Crippen molar-refractivity contribution in [2.24, 2.45) is 5.92 Å². The first-order chi connectivity index (χ1) is 8.46. The molecule has 0 amide bonds. The van der Waals surface area contributed by atoms with E-state index >= 15 is 0 Å². The molecule has 98 valence electrons. The Kier molecular flexibility index (Phi) is 3.28. The normalized spacial score (nSPS) is 19.9. The maximum Gasteiger partial charge on any atom is 0.343 e. The van der Waals surface area contributed by atoms with Gasteiger partial charge in [-0.2, -0.15) is 0 Å². The van der Waals surface area contributed by atoms with Crippen LogP contribution in [0.4, 0.5) is 4.39 Å². The minimum Gasteiger partial charge on any atom is -0.508 e. The molecule has 0 spiro atoms. The van der Waals surface area contributed by atoms with E-state index in [1.54, 1.807) is 12.1 Å². The van der Waals surface area contributed by atoms with Crippen LogP contribution in [0.3, 0.4) is 0 Å². The number of benzene rings is 1. The second-order valence-electron chi connectivity index (χ2n) is 4.98. The summed E-state index contributed by atoms with van der Waals surface area (Å²) < 4.78 is 19.2. The van der Waals surface area contributed by atoms with Crippen LogP contribution in [0, 0.1) is 5.92 Å². The molecule has 1 N–H and O–H groups in total. The van der Waals surface area contributed by atoms with Crippen LogP contribution in [0.15, 0.2) is 24.3 Å². The SMILES string of the molecule is COC(=O)C(C)(F)C(c1cccc(O)c1)C1CC1. The van der Waals surface area contributed by atoms with Crippen LogP contribution in [0.1, 0.15) is 31.2 Å². The summed E-state index contributed by atoms with van der Waals surface area (Å²) in [5.41, 5.74) is -1.42. The lowest BCUT2D eigenvalue weighted by atomic mass is 9.81. The van der Waals surface area contributed by atoms with Gasteiger partial charge in [0, 0.05) is 5.92 Å². The number of hydrogen-bond donors (Lipinski definition) is 1. The number of phenolic OH excluding ortho intramolecular Hbond substituents is 1. The van der Waals surface area contributed by atoms with Crippen molar-refractivity contribution in [1.29, 1.82) is 0 Å². The molecule has 2 unspecified atom stereocenters. The predicted molar refractivity (Wildman–Crippen MR) is 65.1 cm³/mol. The number of aromatic hydroxyl groups is 1. The summed E-state index contributed by atoms with van der Waals surface area (Å²) in [6, 6.07) is 6.45. The first kappa shape index (κ1) is 12.9. The molecule has 1 saturated carbocycles. The number of hydrogen-bond acceptors (Lipinski definition) is 3. The molecule has 4 heteroatoms. The quantitative estimate of drug-likeness (QED) is 0.838. The summed E-state index contributed by atoms with van der Waals surface area (Å²) in [5, 5.41) is 9.49. The minimum absolute atomic E-state index is 0.0822. The lowest BCUT2D eigenvalue weighted by Crippen LogP contribution is -2.39. The maximum atomic E-state index is 14.7. The fourth-order valence-corrected chi connectivity index (χ4v) is 2.50. The van der Waals surface area contributed by atoms with Gasteiger partial charge >= 0.3 is 5.97 Å². The zero-order chi connectivity index (χ0) is 13.3. The van der Waals surface area contributed by atoms with Gasteiger partial charge in [-0.15, -0.1) is 0 Å². The van der Waals surface area contributed by atoms with E-state index in [0.29, 0.717) is 5.56 Å². The third-order valence-electron chi connectivity index (χ3n) is 3.49. The van der Waals surface area contributed by atoms with Gasteiger partial charge in [-0.05, 0) is 43.4 Å². The van der Waals surface area contributed by atoms with E-state index < -0.39 is 17.6 Å². The Bertz CT molecular complexity index is 452. The van der Waals surface area contributed by atoms with Crippen LogP contribution < -0.4 is 0 Å². The van der Waals surface area contributed by atoms with E-state index in [1.807, 2.05) is 0 Å². The van der Waals surface area contributed by atoms with Crippen molar-refractivity contribution < 1.29 is 19.0 Å². The van der Waals surface area contributed by atoms with Gasteiger partial charge in [0.2, 0.25) is 5.67 Å². The Hall–Kier alpha value is -1.58. The molecule has 0 aromatic heterocycles. The lowest BCUT2D eigenvalue weighted by Gasteiger charge is -2.28. The molecule has 1 fully saturated rings. The number of halogens is 1. The molecule has 1 aromatic rings. The first-order valence-corrected chi connectivity index (χ1v) is 6.03. The number of carbonyl (C=O) groups excluding carboxylic acids is 1. The van der Waals surface area contributed by atoms with Crippen LogP contribution in [0.25, 0.3) is 0 Å². The number of ether oxygens (including phenoxy) is 1. The van der Waals surface area contributed by atoms with Crippen LogP contribution in [-0.2, 0) is 9.53 Å². The fraction of sp³-hybridized carbons (Fsp3) is 0.500. The van der Waals surface area contributed by atoms with Crippen LogP contribution >= 0.6 is 0 Å². The molecule has 0 radical (unpaired) electrons. The Morgan fingerprint density at radius 3 is 2.72 bits per heavy atom. The van der Waals surface area contributed by atoms with E-state index in [9.17, 15) is 14.3 Å². The molecule has 1 aliphatic carbocycles. The van der Waals surface area contributed by atoms with Crippen molar-refractivity contribution in [2.75, 3.05) is 7.11 Å². The molecule has 18 heavy (non-hydrogen) atoms. The molecule has 1 aliphatic rings. The summed E-state index contributed by atoms with van der Waals surface area (Å²) in [6.07, 6.45) is 1.80. The van der Waals surface area contributed by atoms with Gasteiger partial charge in [0.05, 0.1) is 7.11 Å². The highest BCUT2D eigenvalue weighted by Crippen LogP contribution is 2.50. The largest absolute Gasteiger partial charge is 0.508 e. The van der Waals surface area contributed by atoms with E-state index in [-0.39, 0.29) is 11.7 Å². The summed E-state index contributed by atoms with van der Waals surface area (Å²) in [6.45, 7) is 1.26. The molecule has 0 bridgehead atoms. The van der Waals surface area contributed by atoms with Gasteiger partial charge in [0.1, 0.15) is 5.75 Å². The smallest absolute Gasteiger partial charge is 0.343 e. The van der Waals surface area contributed by atoms with Gasteiger partial charge in [0.15, 0.2) is 0 Å². The molecule has 2 rings (SSSR count). The van der Waals surface area contributed by atoms with E-state index in [1.165, 1.54) is 26.2 Å². The Morgan fingerprint density at radius 1 is 1.56 bits per heavy atom. The summed E-state index contributed by atoms with van der Waals surface area (Å²) in [5.74, 6) is -1.19. The van der Waals surface area contributed by atoms with Crippen LogP contribution in [0.2, 0.25) is 0 Å². The number of esters is 1. The molecule has 0 heterocycles. The molecule has 0 saturated heterocycles. The Morgan fingerprint density at radius 2 is 2.22 bits per heavy atom. The number of carbonyl (C=O) groups is 1. The lowest BCUT2D eigenvalue weighted by molar-refractivity contribution is -0.155. The van der Waals surface area contributed by atoms with Crippen LogP contribution in [0.5, 0.6) is 5.75 Å². The zero-order valence-electron chi connectivity index (χ0n) is 10.5. The Labute approximate surface area is 106 Å². The van der Waals surface area contributed by atoms with Crippen molar-refractivity contribution >= 4 is 5.97 Å². The monoisotopic (exact) mass is 252 g/mol. The van der Waals surface area contributed by atoms with Gasteiger partial charge in [0.25, 0.3) is 0 Å². The highest BCUT2D eigenvalue weighted by Gasteiger charge is 2.50. The van der Waals surface area contributed by atoms with Gasteiger partial charge in [-0.1, -0.05) is 12.1 Å². The molecular weight excluding hydrogens is 235 g/mol. The number of phenols is 1. The van der Waals surface area contributed by atoms with E-state index in [0.717, 1.165) is 12.8 Å². The summed E-state index contributed by atoms with van der Waals surface area (Å²) in [7, 11) is 1.19. The Balaban J connectivity index is 2.37. The van der Waals surface area contributed by atoms with Gasteiger partial charge in [-0.25, -0.2) is 9.18 Å². The van der Waals surface area contributed by atoms with Crippen molar-refractivity contribution in [1.82, 2.24) is 0 Å². The minimum atomic E-state index is -2.07. The van der Waals surface area contributed by atoms with Crippen molar-refractivity contribution in [2.45, 2.75) is 31.4 Å². The number of rotatable bonds is 4. The third kappa shape index (κ3) is 2.33. The molecule has 0 aliphatic heterocycles. The fourth-order valence-electron chi connectivity index (χ4n) is 2.50. The molecular formula is C14H17FO3. The van der Waals surface area contributed by atoms with Crippen molar-refractivity contribution in [3.8, 4) is 5.75 Å². The third-order valence-corrected chi connectivity index (χ3v) is 3.49. The first-order valence-electron chi connectivity index (χ1n) is 6.03. The van der Waals surface area contributed by atoms with Crippen LogP contribution in [-0.4, -0.2) is 23.9 Å². The van der Waals surface area contributed by atoms with Crippen molar-refractivity contribution in [3.05, 3.63) is 29.8 Å². The average Bonchev–Trinajstić information content (AvgIpc) is 3.12. The summed E-state index contributed by atoms with van der Waals surface area (Å²) >= 11 is 0. The summed E-state index contributed by atoms with van der Waals surface area (Å²) in [4.78, 5) is 11.6. The predicted octanol–water partition coefficient (Wildman–Crippen LogP) is 2.79. The van der Waals surface area contributed by atoms with Gasteiger partial charge < -0.3 is 9.84 Å². The molecule has 3 nitrogen and oxygen atoms in total. The van der Waals surface area contributed by atoms with E-state index in [2.05, 4.69) is 4.74 Å². The zero-order valence-corrected chi connectivity index (χ0v) is 10.5. The van der Waals surface area contributed by atoms with E-state index in [4.69, 9.17) is 0 Å². The van der Waals surface area contributed by atoms with Gasteiger partial charge in [-0.3, -0.25) is 0 Å². The highest BCUT2D eigenvalue weighted by molar-refractivity contribution is 5.80. The number of alkyl halides is 1. The topological polar surface area (TPSA) is 46.5 Å². The second kappa shape index (κ2) is 4.59. The molecule has 2 atom stereocenters.